The number of H-pyrrole nitrogens is 1. The SMILES string of the molecule is COC(=O)c1c(C)[nH]c(C(=O)[C@H](C)Sc2nc3ccccc3o2)c1C. The molecule has 0 bridgehead atoms. The van der Waals surface area contributed by atoms with Crippen LogP contribution >= 0.6 is 11.8 Å². The Kier molecular flexibility index (Phi) is 4.67. The zero-order chi connectivity index (χ0) is 18.1. The molecule has 130 valence electrons. The van der Waals surface area contributed by atoms with Crippen molar-refractivity contribution in [1.29, 1.82) is 0 Å². The maximum atomic E-state index is 12.8. The highest BCUT2D eigenvalue weighted by Crippen LogP contribution is 2.29. The Morgan fingerprint density at radius 2 is 2.00 bits per heavy atom. The van der Waals surface area contributed by atoms with E-state index in [0.717, 1.165) is 5.52 Å². The third-order valence-corrected chi connectivity index (χ3v) is 4.94. The minimum Gasteiger partial charge on any atom is -0.465 e. The average Bonchev–Trinajstić information content (AvgIpc) is 3.13. The second kappa shape index (κ2) is 6.76. The van der Waals surface area contributed by atoms with E-state index in [-0.39, 0.29) is 5.78 Å². The third-order valence-electron chi connectivity index (χ3n) is 3.99. The molecule has 1 N–H and O–H groups in total. The molecule has 0 radical (unpaired) electrons. The molecule has 2 heterocycles. The number of ketones is 1. The van der Waals surface area contributed by atoms with Crippen molar-refractivity contribution < 1.29 is 18.7 Å². The maximum Gasteiger partial charge on any atom is 0.339 e. The Bertz CT molecular complexity index is 924. The zero-order valence-electron chi connectivity index (χ0n) is 14.4. The van der Waals surface area contributed by atoms with Crippen LogP contribution in [0.3, 0.4) is 0 Å². The van der Waals surface area contributed by atoms with Crippen molar-refractivity contribution in [1.82, 2.24) is 9.97 Å². The monoisotopic (exact) mass is 358 g/mol. The highest BCUT2D eigenvalue weighted by Gasteiger charge is 2.26. The van der Waals surface area contributed by atoms with Crippen molar-refractivity contribution in [2.45, 2.75) is 31.2 Å². The van der Waals surface area contributed by atoms with Crippen LogP contribution in [0, 0.1) is 13.8 Å². The molecule has 0 aliphatic rings. The number of Topliss-reactive ketones (excluding diaryl/α,β-unsaturated/α-hetero) is 1. The quantitative estimate of drug-likeness (QED) is 0.423. The van der Waals surface area contributed by atoms with Gasteiger partial charge < -0.3 is 14.1 Å². The number of aromatic amines is 1. The van der Waals surface area contributed by atoms with Crippen LogP contribution in [0.4, 0.5) is 0 Å². The van der Waals surface area contributed by atoms with Gasteiger partial charge in [0, 0.05) is 5.69 Å². The van der Waals surface area contributed by atoms with E-state index >= 15 is 0 Å². The Labute approximate surface area is 149 Å². The van der Waals surface area contributed by atoms with Gasteiger partial charge in [-0.1, -0.05) is 23.9 Å². The number of fused-ring (bicyclic) bond motifs is 1. The Hall–Kier alpha value is -2.54. The van der Waals surface area contributed by atoms with Crippen molar-refractivity contribution in [2.24, 2.45) is 0 Å². The van der Waals surface area contributed by atoms with E-state index in [9.17, 15) is 9.59 Å². The van der Waals surface area contributed by atoms with Crippen LogP contribution in [-0.2, 0) is 4.74 Å². The lowest BCUT2D eigenvalue weighted by molar-refractivity contribution is 0.0599. The summed E-state index contributed by atoms with van der Waals surface area (Å²) in [6.45, 7) is 5.27. The molecule has 1 aromatic carbocycles. The number of carbonyl (C=O) groups is 2. The van der Waals surface area contributed by atoms with Gasteiger partial charge in [0.15, 0.2) is 11.4 Å². The topological polar surface area (TPSA) is 85.2 Å². The molecular formula is C18H18N2O4S. The number of aromatic nitrogens is 2. The number of benzene rings is 1. The number of carbonyl (C=O) groups excluding carboxylic acids is 2. The van der Waals surface area contributed by atoms with Gasteiger partial charge in [-0.3, -0.25) is 4.79 Å². The molecule has 3 aromatic rings. The average molecular weight is 358 g/mol. The standard InChI is InChI=1S/C18H18N2O4S/c1-9-14(17(22)23-4)10(2)19-15(9)16(21)11(3)25-18-20-12-7-5-6-8-13(12)24-18/h5-8,11,19H,1-4H3/t11-/m0/s1. The van der Waals surface area contributed by atoms with Gasteiger partial charge in [0.25, 0.3) is 5.22 Å². The van der Waals surface area contributed by atoms with Gasteiger partial charge in [0.2, 0.25) is 0 Å². The van der Waals surface area contributed by atoms with E-state index in [2.05, 4.69) is 9.97 Å². The molecule has 2 aromatic heterocycles. The molecule has 0 aliphatic carbocycles. The van der Waals surface area contributed by atoms with Crippen molar-refractivity contribution in [2.75, 3.05) is 7.11 Å². The van der Waals surface area contributed by atoms with Gasteiger partial charge in [0.05, 0.1) is 23.6 Å². The largest absolute Gasteiger partial charge is 0.465 e. The number of ether oxygens (including phenoxy) is 1. The van der Waals surface area contributed by atoms with Crippen LogP contribution in [0.5, 0.6) is 0 Å². The molecule has 0 amide bonds. The maximum absolute atomic E-state index is 12.8. The van der Waals surface area contributed by atoms with Crippen LogP contribution < -0.4 is 0 Å². The summed E-state index contributed by atoms with van der Waals surface area (Å²) in [5.41, 5.74) is 3.47. The zero-order valence-corrected chi connectivity index (χ0v) is 15.2. The molecular weight excluding hydrogens is 340 g/mol. The fourth-order valence-corrected chi connectivity index (χ4v) is 3.53. The molecule has 0 unspecified atom stereocenters. The number of para-hydroxylation sites is 2. The number of hydrogen-bond acceptors (Lipinski definition) is 6. The third kappa shape index (κ3) is 3.19. The molecule has 7 heteroatoms. The number of nitrogens with zero attached hydrogens (tertiary/aromatic N) is 1. The van der Waals surface area contributed by atoms with E-state index in [0.29, 0.717) is 33.3 Å². The van der Waals surface area contributed by atoms with E-state index in [1.807, 2.05) is 24.3 Å². The predicted octanol–water partition coefficient (Wildman–Crippen LogP) is 3.92. The normalized spacial score (nSPS) is 12.3. The van der Waals surface area contributed by atoms with Crippen LogP contribution in [0.25, 0.3) is 11.1 Å². The number of oxazole rings is 1. The summed E-state index contributed by atoms with van der Waals surface area (Å²) in [6.07, 6.45) is 0. The number of esters is 1. The number of aryl methyl sites for hydroxylation is 1. The summed E-state index contributed by atoms with van der Waals surface area (Å²) in [4.78, 5) is 32.0. The smallest absolute Gasteiger partial charge is 0.339 e. The van der Waals surface area contributed by atoms with Crippen LogP contribution in [0.1, 0.15) is 39.0 Å². The molecule has 25 heavy (non-hydrogen) atoms. The first-order chi connectivity index (χ1) is 11.9. The molecule has 3 rings (SSSR count). The van der Waals surface area contributed by atoms with Gasteiger partial charge in [-0.2, -0.15) is 0 Å². The lowest BCUT2D eigenvalue weighted by Crippen LogP contribution is -2.15. The van der Waals surface area contributed by atoms with Gasteiger partial charge in [-0.25, -0.2) is 9.78 Å². The molecule has 1 atom stereocenters. The summed E-state index contributed by atoms with van der Waals surface area (Å²) >= 11 is 1.25. The number of nitrogens with one attached hydrogen (secondary N) is 1. The molecule has 6 nitrogen and oxygen atoms in total. The van der Waals surface area contributed by atoms with Crippen LogP contribution in [-0.4, -0.2) is 34.1 Å². The number of thioether (sulfide) groups is 1. The Morgan fingerprint density at radius 3 is 2.68 bits per heavy atom. The number of rotatable bonds is 5. The van der Waals surface area contributed by atoms with Crippen molar-refractivity contribution in [3.63, 3.8) is 0 Å². The van der Waals surface area contributed by atoms with E-state index in [1.54, 1.807) is 20.8 Å². The highest BCUT2D eigenvalue weighted by atomic mass is 32.2. The molecule has 0 saturated heterocycles. The summed E-state index contributed by atoms with van der Waals surface area (Å²) in [5.74, 6) is -0.576. The first-order valence-electron chi connectivity index (χ1n) is 7.76. The Balaban J connectivity index is 1.84. The summed E-state index contributed by atoms with van der Waals surface area (Å²) in [6, 6.07) is 7.44. The number of methoxy groups -OCH3 is 1. The summed E-state index contributed by atoms with van der Waals surface area (Å²) in [7, 11) is 1.32. The van der Waals surface area contributed by atoms with Crippen LogP contribution in [0.2, 0.25) is 0 Å². The minimum atomic E-state index is -0.454. The van der Waals surface area contributed by atoms with Gasteiger partial charge in [-0.15, -0.1) is 0 Å². The fourth-order valence-electron chi connectivity index (χ4n) is 2.71. The van der Waals surface area contributed by atoms with Crippen molar-refractivity contribution in [3.8, 4) is 0 Å². The highest BCUT2D eigenvalue weighted by molar-refractivity contribution is 8.00. The fraction of sp³-hybridized carbons (Fsp3) is 0.278. The van der Waals surface area contributed by atoms with Gasteiger partial charge >= 0.3 is 5.97 Å². The lowest BCUT2D eigenvalue weighted by atomic mass is 10.1. The van der Waals surface area contributed by atoms with E-state index < -0.39 is 11.2 Å². The summed E-state index contributed by atoms with van der Waals surface area (Å²) < 4.78 is 10.4. The number of hydrogen-bond donors (Lipinski definition) is 1. The van der Waals surface area contributed by atoms with E-state index in [1.165, 1.54) is 18.9 Å². The molecule has 0 spiro atoms. The lowest BCUT2D eigenvalue weighted by Gasteiger charge is -2.07. The molecule has 0 aliphatic heterocycles. The second-order valence-corrected chi connectivity index (χ2v) is 6.98. The minimum absolute atomic E-state index is 0.122. The second-order valence-electron chi connectivity index (χ2n) is 5.69. The molecule has 0 fully saturated rings. The van der Waals surface area contributed by atoms with Crippen LogP contribution in [0.15, 0.2) is 33.9 Å². The first kappa shape index (κ1) is 17.3. The Morgan fingerprint density at radius 1 is 1.28 bits per heavy atom. The van der Waals surface area contributed by atoms with Gasteiger partial charge in [0.1, 0.15) is 5.52 Å². The van der Waals surface area contributed by atoms with E-state index in [4.69, 9.17) is 9.15 Å². The van der Waals surface area contributed by atoms with Crippen molar-refractivity contribution in [3.05, 3.63) is 46.8 Å². The van der Waals surface area contributed by atoms with Crippen molar-refractivity contribution >= 4 is 34.6 Å². The molecule has 0 saturated carbocycles. The first-order valence-corrected chi connectivity index (χ1v) is 8.64. The summed E-state index contributed by atoms with van der Waals surface area (Å²) in [5, 5.41) is 0.0199. The predicted molar refractivity (Wildman–Crippen MR) is 95.3 cm³/mol. The van der Waals surface area contributed by atoms with Gasteiger partial charge in [-0.05, 0) is 38.5 Å².